The summed E-state index contributed by atoms with van der Waals surface area (Å²) in [5.41, 5.74) is 5.24. The van der Waals surface area contributed by atoms with Crippen molar-refractivity contribution in [3.05, 3.63) is 35.6 Å². The smallest absolute Gasteiger partial charge is 0.0968 e. The lowest BCUT2D eigenvalue weighted by atomic mass is 9.97. The zero-order valence-electron chi connectivity index (χ0n) is 8.36. The van der Waals surface area contributed by atoms with Crippen LogP contribution in [0.5, 0.6) is 0 Å². The topological polar surface area (TPSA) is 39.1 Å². The zero-order chi connectivity index (χ0) is 10.1. The maximum absolute atomic E-state index is 8.93. The largest absolute Gasteiger partial charge is 0.312 e. The van der Waals surface area contributed by atoms with Crippen LogP contribution in [0.2, 0.25) is 0 Å². The first-order valence-corrected chi connectivity index (χ1v) is 4.77. The highest BCUT2D eigenvalue weighted by atomic mass is 15.5. The minimum absolute atomic E-state index is 0.0624. The van der Waals surface area contributed by atoms with Gasteiger partial charge >= 0.3 is 0 Å². The van der Waals surface area contributed by atoms with Gasteiger partial charge in [0.05, 0.1) is 17.7 Å². The molecule has 0 radical (unpaired) electrons. The van der Waals surface area contributed by atoms with Crippen LogP contribution in [0.1, 0.15) is 13.8 Å². The first-order chi connectivity index (χ1) is 6.72. The Balaban J connectivity index is 2.26. The van der Waals surface area contributed by atoms with E-state index in [1.165, 1.54) is 0 Å². The van der Waals surface area contributed by atoms with Gasteiger partial charge in [-0.1, -0.05) is 12.2 Å². The summed E-state index contributed by atoms with van der Waals surface area (Å²) in [6, 6.07) is 2.68. The summed E-state index contributed by atoms with van der Waals surface area (Å²) in [4.78, 5) is 0. The van der Waals surface area contributed by atoms with Gasteiger partial charge in [-0.15, -0.1) is 0 Å². The number of hydrogen-bond acceptors (Lipinski definition) is 3. The quantitative estimate of drug-likeness (QED) is 0.676. The molecule has 0 spiro atoms. The normalized spacial score (nSPS) is 24.4. The fraction of sp³-hybridized carbons (Fsp3) is 0.364. The van der Waals surface area contributed by atoms with Crippen molar-refractivity contribution in [3.63, 3.8) is 0 Å². The number of allylic oxidation sites excluding steroid dienone is 2. The Kier molecular flexibility index (Phi) is 2.14. The van der Waals surface area contributed by atoms with E-state index in [1.807, 2.05) is 23.2 Å². The van der Waals surface area contributed by atoms with Gasteiger partial charge in [-0.2, -0.15) is 5.26 Å². The summed E-state index contributed by atoms with van der Waals surface area (Å²) in [6.07, 6.45) is 7.89. The van der Waals surface area contributed by atoms with Crippen LogP contribution in [0.4, 0.5) is 0 Å². The molecule has 14 heavy (non-hydrogen) atoms. The van der Waals surface area contributed by atoms with E-state index >= 15 is 0 Å². The molecule has 0 amide bonds. The third kappa shape index (κ3) is 1.34. The molecular formula is C11H13N3. The van der Waals surface area contributed by atoms with E-state index in [0.29, 0.717) is 6.04 Å². The van der Waals surface area contributed by atoms with Gasteiger partial charge in [-0.25, -0.2) is 5.43 Å². The molecule has 0 aromatic heterocycles. The minimum atomic E-state index is 0.0624. The molecule has 1 N–H and O–H groups in total. The van der Waals surface area contributed by atoms with Crippen LogP contribution in [0.3, 0.4) is 0 Å². The average Bonchev–Trinajstić information content (AvgIpc) is 2.60. The molecular weight excluding hydrogens is 174 g/mol. The van der Waals surface area contributed by atoms with Gasteiger partial charge in [0.1, 0.15) is 0 Å². The van der Waals surface area contributed by atoms with Crippen molar-refractivity contribution in [3.8, 4) is 6.07 Å². The number of nitrogens with zero attached hydrogens (tertiary/aromatic N) is 2. The second-order valence-corrected chi connectivity index (χ2v) is 3.79. The highest BCUT2D eigenvalue weighted by Crippen LogP contribution is 2.24. The number of rotatable bonds is 1. The minimum Gasteiger partial charge on any atom is -0.312 e. The molecule has 3 heteroatoms. The van der Waals surface area contributed by atoms with Gasteiger partial charge < -0.3 is 5.01 Å². The molecule has 2 aliphatic rings. The van der Waals surface area contributed by atoms with E-state index in [2.05, 4.69) is 31.5 Å². The molecule has 0 saturated heterocycles. The first kappa shape index (κ1) is 9.04. The molecule has 1 aliphatic carbocycles. The molecule has 0 fully saturated rings. The fourth-order valence-corrected chi connectivity index (χ4v) is 1.64. The molecule has 1 unspecified atom stereocenters. The van der Waals surface area contributed by atoms with Crippen LogP contribution in [-0.4, -0.2) is 17.1 Å². The Morgan fingerprint density at radius 1 is 1.57 bits per heavy atom. The van der Waals surface area contributed by atoms with E-state index in [4.69, 9.17) is 5.26 Å². The lowest BCUT2D eigenvalue weighted by Crippen LogP contribution is -2.41. The molecule has 3 nitrogen and oxygen atoms in total. The number of nitriles is 1. The zero-order valence-corrected chi connectivity index (χ0v) is 8.36. The van der Waals surface area contributed by atoms with Gasteiger partial charge in [-0.3, -0.25) is 0 Å². The van der Waals surface area contributed by atoms with Crippen molar-refractivity contribution >= 4 is 0 Å². The molecule has 1 heterocycles. The predicted octanol–water partition coefficient (Wildman–Crippen LogP) is 1.49. The third-order valence-electron chi connectivity index (χ3n) is 2.46. The number of nitrogens with one attached hydrogen (secondary N) is 1. The highest BCUT2D eigenvalue weighted by molar-refractivity contribution is 5.48. The fourth-order valence-electron chi connectivity index (χ4n) is 1.64. The number of hydrogen-bond donors (Lipinski definition) is 1. The van der Waals surface area contributed by atoms with Crippen molar-refractivity contribution in [2.45, 2.75) is 25.9 Å². The summed E-state index contributed by atoms with van der Waals surface area (Å²) < 4.78 is 0. The Morgan fingerprint density at radius 2 is 2.36 bits per heavy atom. The molecule has 1 atom stereocenters. The second kappa shape index (κ2) is 3.32. The molecule has 0 saturated carbocycles. The van der Waals surface area contributed by atoms with E-state index in [9.17, 15) is 0 Å². The van der Waals surface area contributed by atoms with Gasteiger partial charge in [0, 0.05) is 12.2 Å². The lowest BCUT2D eigenvalue weighted by Gasteiger charge is -2.23. The predicted molar refractivity (Wildman–Crippen MR) is 54.8 cm³/mol. The maximum Gasteiger partial charge on any atom is 0.0968 e. The van der Waals surface area contributed by atoms with Crippen molar-refractivity contribution in [2.75, 3.05) is 0 Å². The third-order valence-corrected chi connectivity index (χ3v) is 2.46. The Morgan fingerprint density at radius 3 is 3.00 bits per heavy atom. The Hall–Kier alpha value is -1.53. The van der Waals surface area contributed by atoms with Crippen molar-refractivity contribution < 1.29 is 0 Å². The highest BCUT2D eigenvalue weighted by Gasteiger charge is 2.27. The summed E-state index contributed by atoms with van der Waals surface area (Å²) in [5, 5.41) is 11.0. The number of hydrazine groups is 1. The molecule has 0 aromatic rings. The van der Waals surface area contributed by atoms with Crippen LogP contribution in [0.15, 0.2) is 35.6 Å². The van der Waals surface area contributed by atoms with Crippen LogP contribution < -0.4 is 5.43 Å². The lowest BCUT2D eigenvalue weighted by molar-refractivity contribution is 0.234. The standard InChI is InChI=1S/C11H13N3/c1-8(2)14-7-10-5-3-4-9(6-12)11(10)13-14/h3-5,7-8,11,13H,1-2H3. The Labute approximate surface area is 84.0 Å². The SMILES string of the molecule is CC(C)N1C=C2C=CC=C(C#N)C2N1. The average molecular weight is 187 g/mol. The second-order valence-electron chi connectivity index (χ2n) is 3.79. The van der Waals surface area contributed by atoms with Crippen molar-refractivity contribution in [1.29, 1.82) is 5.26 Å². The van der Waals surface area contributed by atoms with E-state index in [1.54, 1.807) is 0 Å². The summed E-state index contributed by atoms with van der Waals surface area (Å²) in [5.74, 6) is 0. The van der Waals surface area contributed by atoms with Crippen molar-refractivity contribution in [2.24, 2.45) is 0 Å². The monoisotopic (exact) mass is 187 g/mol. The van der Waals surface area contributed by atoms with Gasteiger partial charge in [0.15, 0.2) is 0 Å². The molecule has 1 aliphatic heterocycles. The van der Waals surface area contributed by atoms with Gasteiger partial charge in [0.2, 0.25) is 0 Å². The van der Waals surface area contributed by atoms with E-state index in [0.717, 1.165) is 11.1 Å². The molecule has 2 rings (SSSR count). The summed E-state index contributed by atoms with van der Waals surface area (Å²) in [7, 11) is 0. The molecule has 0 bridgehead atoms. The Bertz CT molecular complexity index is 368. The van der Waals surface area contributed by atoms with Crippen LogP contribution in [-0.2, 0) is 0 Å². The van der Waals surface area contributed by atoms with Crippen LogP contribution in [0.25, 0.3) is 0 Å². The van der Waals surface area contributed by atoms with E-state index < -0.39 is 0 Å². The summed E-state index contributed by atoms with van der Waals surface area (Å²) >= 11 is 0. The van der Waals surface area contributed by atoms with Gasteiger partial charge in [0.25, 0.3) is 0 Å². The maximum atomic E-state index is 8.93. The summed E-state index contributed by atoms with van der Waals surface area (Å²) in [6.45, 7) is 4.22. The van der Waals surface area contributed by atoms with E-state index in [-0.39, 0.29) is 6.04 Å². The molecule has 0 aromatic carbocycles. The van der Waals surface area contributed by atoms with Gasteiger partial charge in [-0.05, 0) is 25.5 Å². The molecule has 72 valence electrons. The number of fused-ring (bicyclic) bond motifs is 1. The van der Waals surface area contributed by atoms with Crippen LogP contribution >= 0.6 is 0 Å². The first-order valence-electron chi connectivity index (χ1n) is 4.77. The van der Waals surface area contributed by atoms with Crippen LogP contribution in [0, 0.1) is 11.3 Å². The van der Waals surface area contributed by atoms with Crippen molar-refractivity contribution in [1.82, 2.24) is 10.4 Å².